The first-order valence-electron chi connectivity index (χ1n) is 6.10. The third-order valence-corrected chi connectivity index (χ3v) is 4.79. The first kappa shape index (κ1) is 17.5. The SMILES string of the molecule is CCCC(C)(C)C(=O)Sc1cc(C(=O)Cl)c(F)cc1Cl. The van der Waals surface area contributed by atoms with Crippen molar-refractivity contribution in [2.24, 2.45) is 5.41 Å². The molecule has 2 nitrogen and oxygen atoms in total. The Balaban J connectivity index is 3.07. The Kier molecular flexibility index (Phi) is 6.05. The molecule has 0 fully saturated rings. The zero-order chi connectivity index (χ0) is 15.5. The lowest BCUT2D eigenvalue weighted by atomic mass is 9.90. The molecule has 0 aliphatic rings. The molecule has 1 rings (SSSR count). The van der Waals surface area contributed by atoms with Crippen molar-refractivity contribution in [1.82, 2.24) is 0 Å². The van der Waals surface area contributed by atoms with E-state index < -0.39 is 16.5 Å². The van der Waals surface area contributed by atoms with E-state index in [-0.39, 0.29) is 15.7 Å². The molecule has 6 heteroatoms. The minimum absolute atomic E-state index is 0.0826. The molecule has 0 heterocycles. The lowest BCUT2D eigenvalue weighted by Gasteiger charge is -2.21. The number of carbonyl (C=O) groups is 2. The van der Waals surface area contributed by atoms with Crippen LogP contribution in [-0.2, 0) is 4.79 Å². The van der Waals surface area contributed by atoms with Crippen molar-refractivity contribution in [2.75, 3.05) is 0 Å². The van der Waals surface area contributed by atoms with Gasteiger partial charge in [0, 0.05) is 10.3 Å². The van der Waals surface area contributed by atoms with Gasteiger partial charge in [0.05, 0.1) is 10.6 Å². The van der Waals surface area contributed by atoms with Crippen LogP contribution in [0.2, 0.25) is 5.02 Å². The Morgan fingerprint density at radius 1 is 1.35 bits per heavy atom. The van der Waals surface area contributed by atoms with Crippen LogP contribution >= 0.6 is 35.0 Å². The third-order valence-electron chi connectivity index (χ3n) is 2.86. The summed E-state index contributed by atoms with van der Waals surface area (Å²) in [5, 5.41) is -0.906. The summed E-state index contributed by atoms with van der Waals surface area (Å²) >= 11 is 12.1. The highest BCUT2D eigenvalue weighted by atomic mass is 35.5. The summed E-state index contributed by atoms with van der Waals surface area (Å²) in [4.78, 5) is 23.7. The quantitative estimate of drug-likeness (QED) is 0.540. The Bertz CT molecular complexity index is 544. The second kappa shape index (κ2) is 6.92. The van der Waals surface area contributed by atoms with E-state index in [4.69, 9.17) is 23.2 Å². The van der Waals surface area contributed by atoms with E-state index >= 15 is 0 Å². The molecule has 0 aromatic heterocycles. The molecule has 0 spiro atoms. The second-order valence-electron chi connectivity index (χ2n) is 5.06. The van der Waals surface area contributed by atoms with Gasteiger partial charge in [0.25, 0.3) is 5.24 Å². The van der Waals surface area contributed by atoms with Gasteiger partial charge in [-0.05, 0) is 41.9 Å². The van der Waals surface area contributed by atoms with Gasteiger partial charge in [0.15, 0.2) is 5.12 Å². The molecule has 110 valence electrons. The van der Waals surface area contributed by atoms with Crippen LogP contribution in [0.4, 0.5) is 4.39 Å². The second-order valence-corrected chi connectivity index (χ2v) is 6.82. The number of rotatable bonds is 5. The van der Waals surface area contributed by atoms with Gasteiger partial charge in [-0.15, -0.1) is 0 Å². The number of hydrogen-bond donors (Lipinski definition) is 0. The zero-order valence-electron chi connectivity index (χ0n) is 11.4. The Morgan fingerprint density at radius 3 is 2.45 bits per heavy atom. The maximum Gasteiger partial charge on any atom is 0.255 e. The highest BCUT2D eigenvalue weighted by Gasteiger charge is 2.28. The molecule has 0 atom stereocenters. The van der Waals surface area contributed by atoms with Crippen molar-refractivity contribution in [2.45, 2.75) is 38.5 Å². The fourth-order valence-electron chi connectivity index (χ4n) is 1.72. The van der Waals surface area contributed by atoms with Crippen LogP contribution in [0.15, 0.2) is 17.0 Å². The number of benzene rings is 1. The van der Waals surface area contributed by atoms with Crippen molar-refractivity contribution in [3.8, 4) is 0 Å². The van der Waals surface area contributed by atoms with Crippen molar-refractivity contribution >= 4 is 45.3 Å². The standard InChI is InChI=1S/C14H15Cl2FO2S/c1-4-5-14(2,3)13(19)20-11-6-8(12(16)18)10(17)7-9(11)15/h6-7H,4-5H2,1-3H3. The van der Waals surface area contributed by atoms with Crippen LogP contribution in [0.5, 0.6) is 0 Å². The fourth-order valence-corrected chi connectivity index (χ4v) is 3.05. The van der Waals surface area contributed by atoms with Gasteiger partial charge < -0.3 is 0 Å². The van der Waals surface area contributed by atoms with Gasteiger partial charge in [0.1, 0.15) is 5.82 Å². The number of carbonyl (C=O) groups excluding carboxylic acids is 2. The smallest absolute Gasteiger partial charge is 0.255 e. The van der Waals surface area contributed by atoms with Gasteiger partial charge in [-0.2, -0.15) is 0 Å². The van der Waals surface area contributed by atoms with Crippen LogP contribution in [0.3, 0.4) is 0 Å². The monoisotopic (exact) mass is 336 g/mol. The molecule has 0 radical (unpaired) electrons. The fraction of sp³-hybridized carbons (Fsp3) is 0.429. The van der Waals surface area contributed by atoms with Crippen molar-refractivity contribution in [3.05, 3.63) is 28.5 Å². The molecule has 0 amide bonds. The van der Waals surface area contributed by atoms with Crippen LogP contribution in [0.25, 0.3) is 0 Å². The molecule has 0 aliphatic carbocycles. The summed E-state index contributed by atoms with van der Waals surface area (Å²) in [6.45, 7) is 5.68. The predicted octanol–water partition coefficient (Wildman–Crippen LogP) is 5.30. The molecule has 0 N–H and O–H groups in total. The molecule has 0 unspecified atom stereocenters. The number of thioether (sulfide) groups is 1. The van der Waals surface area contributed by atoms with Gasteiger partial charge in [-0.3, -0.25) is 9.59 Å². The lowest BCUT2D eigenvalue weighted by Crippen LogP contribution is -2.20. The van der Waals surface area contributed by atoms with E-state index in [0.717, 1.165) is 30.7 Å². The van der Waals surface area contributed by atoms with Crippen LogP contribution < -0.4 is 0 Å². The lowest BCUT2D eigenvalue weighted by molar-refractivity contribution is -0.118. The van der Waals surface area contributed by atoms with E-state index in [0.29, 0.717) is 4.90 Å². The maximum absolute atomic E-state index is 13.5. The number of hydrogen-bond acceptors (Lipinski definition) is 3. The summed E-state index contributed by atoms with van der Waals surface area (Å²) in [6.07, 6.45) is 1.61. The summed E-state index contributed by atoms with van der Waals surface area (Å²) in [5.41, 5.74) is -0.790. The molecule has 0 aliphatic heterocycles. The van der Waals surface area contributed by atoms with Crippen molar-refractivity contribution < 1.29 is 14.0 Å². The average Bonchev–Trinajstić information content (AvgIpc) is 2.31. The third kappa shape index (κ3) is 4.21. The van der Waals surface area contributed by atoms with E-state index in [1.54, 1.807) is 0 Å². The van der Waals surface area contributed by atoms with Gasteiger partial charge >= 0.3 is 0 Å². The summed E-state index contributed by atoms with van der Waals surface area (Å²) in [5.74, 6) is -0.792. The Hall–Kier alpha value is -0.580. The van der Waals surface area contributed by atoms with E-state index in [2.05, 4.69) is 0 Å². The molecule has 0 bridgehead atoms. The molecular formula is C14H15Cl2FO2S. The van der Waals surface area contributed by atoms with Gasteiger partial charge in [0.2, 0.25) is 0 Å². The molecule has 0 saturated heterocycles. The number of halogens is 3. The minimum atomic E-state index is -0.915. The first-order chi connectivity index (χ1) is 9.19. The highest BCUT2D eigenvalue weighted by Crippen LogP contribution is 2.37. The Morgan fingerprint density at radius 2 is 1.95 bits per heavy atom. The van der Waals surface area contributed by atoms with E-state index in [1.807, 2.05) is 20.8 Å². The average molecular weight is 337 g/mol. The van der Waals surface area contributed by atoms with Gasteiger partial charge in [-0.1, -0.05) is 38.8 Å². The van der Waals surface area contributed by atoms with Crippen LogP contribution in [0, 0.1) is 11.2 Å². The summed E-state index contributed by atoms with van der Waals surface area (Å²) < 4.78 is 13.5. The van der Waals surface area contributed by atoms with Gasteiger partial charge in [-0.25, -0.2) is 4.39 Å². The van der Waals surface area contributed by atoms with Crippen LogP contribution in [-0.4, -0.2) is 10.4 Å². The zero-order valence-corrected chi connectivity index (χ0v) is 13.8. The topological polar surface area (TPSA) is 34.1 Å². The van der Waals surface area contributed by atoms with Crippen molar-refractivity contribution in [1.29, 1.82) is 0 Å². The summed E-state index contributed by atoms with van der Waals surface area (Å²) in [6, 6.07) is 2.22. The van der Waals surface area contributed by atoms with E-state index in [1.165, 1.54) is 6.07 Å². The van der Waals surface area contributed by atoms with Crippen molar-refractivity contribution in [3.63, 3.8) is 0 Å². The Labute approximate surface area is 132 Å². The summed E-state index contributed by atoms with van der Waals surface area (Å²) in [7, 11) is 0. The molecule has 1 aromatic rings. The normalized spacial score (nSPS) is 11.5. The maximum atomic E-state index is 13.5. The molecule has 0 saturated carbocycles. The molecular weight excluding hydrogens is 322 g/mol. The van der Waals surface area contributed by atoms with Crippen LogP contribution in [0.1, 0.15) is 44.0 Å². The minimum Gasteiger partial charge on any atom is -0.286 e. The molecule has 1 aromatic carbocycles. The largest absolute Gasteiger partial charge is 0.286 e. The predicted molar refractivity (Wildman–Crippen MR) is 81.1 cm³/mol. The first-order valence-corrected chi connectivity index (χ1v) is 7.67. The highest BCUT2D eigenvalue weighted by molar-refractivity contribution is 8.13. The van der Waals surface area contributed by atoms with E-state index in [9.17, 15) is 14.0 Å². The molecule has 20 heavy (non-hydrogen) atoms.